The average Bonchev–Trinajstić information content (AvgIpc) is 3.10. The van der Waals surface area contributed by atoms with E-state index < -0.39 is 16.1 Å². The number of nitrogens with one attached hydrogen (secondary N) is 2. The van der Waals surface area contributed by atoms with Crippen LogP contribution in [0, 0.1) is 11.3 Å². The van der Waals surface area contributed by atoms with Crippen molar-refractivity contribution in [1.29, 1.82) is 5.26 Å². The number of nitriles is 1. The summed E-state index contributed by atoms with van der Waals surface area (Å²) in [5.74, 6) is -0.326. The average molecular weight is 416 g/mol. The topological polar surface area (TPSA) is 130 Å². The summed E-state index contributed by atoms with van der Waals surface area (Å²) >= 11 is 0. The van der Waals surface area contributed by atoms with Gasteiger partial charge >= 0.3 is 6.09 Å². The zero-order valence-corrected chi connectivity index (χ0v) is 16.1. The molecule has 10 heteroatoms. The molecule has 0 atom stereocenters. The molecule has 0 bridgehead atoms. The second kappa shape index (κ2) is 8.04. The van der Waals surface area contributed by atoms with Crippen LogP contribution in [-0.2, 0) is 26.1 Å². The van der Waals surface area contributed by atoms with Gasteiger partial charge < -0.3 is 14.6 Å². The zero-order chi connectivity index (χ0) is 21.0. The Bertz CT molecular complexity index is 1230. The van der Waals surface area contributed by atoms with E-state index in [0.29, 0.717) is 11.3 Å². The van der Waals surface area contributed by atoms with Crippen LogP contribution >= 0.6 is 0 Å². The highest BCUT2D eigenvalue weighted by Crippen LogP contribution is 2.20. The van der Waals surface area contributed by atoms with E-state index in [1.807, 2.05) is 6.07 Å². The summed E-state index contributed by atoms with van der Waals surface area (Å²) < 4.78 is 31.7. The van der Waals surface area contributed by atoms with Crippen molar-refractivity contribution in [2.45, 2.75) is 11.4 Å². The summed E-state index contributed by atoms with van der Waals surface area (Å²) in [4.78, 5) is 23.3. The Morgan fingerprint density at radius 3 is 2.55 bits per heavy atom. The van der Waals surface area contributed by atoms with Crippen molar-refractivity contribution in [3.05, 3.63) is 60.3 Å². The molecule has 0 fully saturated rings. The van der Waals surface area contributed by atoms with Crippen LogP contribution in [0.3, 0.4) is 0 Å². The number of nitrogens with zero attached hydrogens (tertiary/aromatic N) is 2. The molecule has 1 aromatic heterocycles. The monoisotopic (exact) mass is 416 g/mol. The third kappa shape index (κ3) is 4.36. The fourth-order valence-corrected chi connectivity index (χ4v) is 3.66. The molecule has 1 heterocycles. The molecule has 2 aromatic carbocycles. The largest absolute Gasteiger partial charge is 0.452 e. The van der Waals surface area contributed by atoms with E-state index in [1.165, 1.54) is 24.3 Å². The second-order valence-electron chi connectivity index (χ2n) is 5.96. The first kappa shape index (κ1) is 19.9. The lowest BCUT2D eigenvalue weighted by atomic mass is 10.1. The number of hydrogen-bond acceptors (Lipinski definition) is 6. The molecule has 3 rings (SSSR count). The van der Waals surface area contributed by atoms with Gasteiger partial charge in [0.15, 0.2) is 0 Å². The molecule has 3 aromatic rings. The van der Waals surface area contributed by atoms with Crippen molar-refractivity contribution in [2.24, 2.45) is 0 Å². The van der Waals surface area contributed by atoms with Gasteiger partial charge in [-0.25, -0.2) is 17.9 Å². The first-order valence-electron chi connectivity index (χ1n) is 8.32. The quantitative estimate of drug-likeness (QED) is 0.658. The highest BCUT2D eigenvalue weighted by atomic mass is 32.2. The predicted molar refractivity (Wildman–Crippen MR) is 109 cm³/mol. The van der Waals surface area contributed by atoms with E-state index in [4.69, 9.17) is 5.26 Å². The summed E-state index contributed by atoms with van der Waals surface area (Å²) in [5.41, 5.74) is 1.68. The minimum absolute atomic E-state index is 0. The van der Waals surface area contributed by atoms with E-state index >= 15 is 0 Å². The van der Waals surface area contributed by atoms with Crippen LogP contribution in [0.25, 0.3) is 10.9 Å². The minimum Gasteiger partial charge on any atom is -0.452 e. The van der Waals surface area contributed by atoms with Gasteiger partial charge in [-0.2, -0.15) is 5.26 Å². The number of carbonyl (C=O) groups excluding carboxylic acids is 2. The van der Waals surface area contributed by atoms with E-state index in [-0.39, 0.29) is 20.2 Å². The highest BCUT2D eigenvalue weighted by Gasteiger charge is 2.18. The van der Waals surface area contributed by atoms with Crippen molar-refractivity contribution in [3.8, 4) is 6.07 Å². The van der Waals surface area contributed by atoms with Crippen molar-refractivity contribution in [3.63, 3.8) is 0 Å². The highest BCUT2D eigenvalue weighted by molar-refractivity contribution is 7.90. The maximum atomic E-state index is 12.4. The van der Waals surface area contributed by atoms with Gasteiger partial charge in [0, 0.05) is 25.6 Å². The predicted octanol–water partition coefficient (Wildman–Crippen LogP) is 2.69. The Morgan fingerprint density at radius 2 is 1.90 bits per heavy atom. The smallest absolute Gasteiger partial charge is 0.420 e. The van der Waals surface area contributed by atoms with Gasteiger partial charge in [0.1, 0.15) is 6.54 Å². The third-order valence-electron chi connectivity index (χ3n) is 4.10. The van der Waals surface area contributed by atoms with Crippen molar-refractivity contribution < 1.29 is 25.6 Å². The van der Waals surface area contributed by atoms with Crippen LogP contribution < -0.4 is 10.0 Å². The molecule has 0 radical (unpaired) electrons. The fraction of sp³-hybridized carbons (Fsp3) is 0.105. The Labute approximate surface area is 169 Å². The lowest BCUT2D eigenvalue weighted by Crippen LogP contribution is -2.30. The fourth-order valence-electron chi connectivity index (χ4n) is 2.74. The van der Waals surface area contributed by atoms with Gasteiger partial charge in [0.25, 0.3) is 10.0 Å². The number of benzene rings is 2. The number of ether oxygens (including phenoxy) is 1. The molecule has 0 spiro atoms. The summed E-state index contributed by atoms with van der Waals surface area (Å²) in [5, 5.41) is 12.6. The second-order valence-corrected chi connectivity index (χ2v) is 7.65. The van der Waals surface area contributed by atoms with E-state index in [0.717, 1.165) is 18.0 Å². The van der Waals surface area contributed by atoms with Crippen LogP contribution in [0.5, 0.6) is 0 Å². The van der Waals surface area contributed by atoms with Crippen LogP contribution in [0.15, 0.2) is 59.6 Å². The molecule has 0 saturated heterocycles. The molecule has 2 N–H and O–H groups in total. The number of aromatic nitrogens is 1. The third-order valence-corrected chi connectivity index (χ3v) is 5.43. The van der Waals surface area contributed by atoms with Crippen LogP contribution in [0.2, 0.25) is 0 Å². The summed E-state index contributed by atoms with van der Waals surface area (Å²) in [6.07, 6.45) is 0.625. The van der Waals surface area contributed by atoms with Crippen LogP contribution in [0.1, 0.15) is 8.42 Å². The van der Waals surface area contributed by atoms with E-state index in [9.17, 15) is 18.0 Å². The zero-order valence-electron chi connectivity index (χ0n) is 15.2. The maximum absolute atomic E-state index is 12.4. The molecule has 0 aliphatic carbocycles. The van der Waals surface area contributed by atoms with Gasteiger partial charge in [-0.1, -0.05) is 6.07 Å². The molecule has 2 amide bonds. The Balaban J connectivity index is 0.00000240. The normalized spacial score (nSPS) is 10.9. The first-order valence-corrected chi connectivity index (χ1v) is 9.81. The van der Waals surface area contributed by atoms with Gasteiger partial charge in [0.2, 0.25) is 5.91 Å². The number of anilines is 1. The molecule has 29 heavy (non-hydrogen) atoms. The molecule has 0 saturated carbocycles. The number of amides is 2. The number of methoxy groups -OCH3 is 1. The number of sulfonamides is 1. The van der Waals surface area contributed by atoms with Gasteiger partial charge in [0.05, 0.1) is 23.6 Å². The minimum atomic E-state index is -4.06. The Hall–Kier alpha value is -3.84. The van der Waals surface area contributed by atoms with Crippen molar-refractivity contribution in [1.82, 2.24) is 9.29 Å². The van der Waals surface area contributed by atoms with Gasteiger partial charge in [-0.05, 0) is 42.5 Å². The number of hydrogen-bond donors (Lipinski definition) is 2. The molecule has 152 valence electrons. The Morgan fingerprint density at radius 1 is 1.17 bits per heavy atom. The lowest BCUT2D eigenvalue weighted by molar-refractivity contribution is -0.116. The molecule has 9 nitrogen and oxygen atoms in total. The molecule has 0 aliphatic heterocycles. The van der Waals surface area contributed by atoms with Crippen LogP contribution in [-0.4, -0.2) is 32.1 Å². The SMILES string of the molecule is COC(=O)NS(=O)(=O)c1ccc(NC(=O)Cn2ccc3c(C#N)cccc32)cc1.[HH].[HH]. The van der Waals surface area contributed by atoms with E-state index in [2.05, 4.69) is 16.1 Å². The van der Waals surface area contributed by atoms with Crippen LogP contribution in [0.4, 0.5) is 10.5 Å². The Kier molecular flexibility index (Phi) is 5.52. The van der Waals surface area contributed by atoms with Crippen molar-refractivity contribution in [2.75, 3.05) is 12.4 Å². The van der Waals surface area contributed by atoms with Gasteiger partial charge in [-0.15, -0.1) is 0 Å². The number of rotatable bonds is 5. The summed E-state index contributed by atoms with van der Waals surface area (Å²) in [7, 11) is -3.00. The first-order chi connectivity index (χ1) is 13.8. The molecule has 0 unspecified atom stereocenters. The molecular formula is C19H20N4O5S. The molecule has 0 aliphatic rings. The lowest BCUT2D eigenvalue weighted by Gasteiger charge is -2.09. The molecular weight excluding hydrogens is 396 g/mol. The number of fused-ring (bicyclic) bond motifs is 1. The number of carbonyl (C=O) groups is 2. The summed E-state index contributed by atoms with van der Waals surface area (Å²) in [6.45, 7) is 0.0162. The van der Waals surface area contributed by atoms with Gasteiger partial charge in [-0.3, -0.25) is 4.79 Å². The summed E-state index contributed by atoms with van der Waals surface area (Å²) in [6, 6.07) is 14.5. The maximum Gasteiger partial charge on any atom is 0.420 e. The van der Waals surface area contributed by atoms with E-state index in [1.54, 1.807) is 33.7 Å². The van der Waals surface area contributed by atoms with Crippen molar-refractivity contribution >= 4 is 38.6 Å². The standard InChI is InChI=1S/C19H16N4O5S.2H2/c1-28-19(25)22-29(26,27)15-7-5-14(6-8-15)21-18(24)12-23-10-9-16-13(11-20)3-2-4-17(16)23;;/h2-10H,12H2,1H3,(H,21,24)(H,22,25);2*1H.